The quantitative estimate of drug-likeness (QED) is 0.836. The molecule has 0 saturated carbocycles. The molecule has 0 radical (unpaired) electrons. The van der Waals surface area contributed by atoms with Crippen molar-refractivity contribution in [3.63, 3.8) is 0 Å². The van der Waals surface area contributed by atoms with E-state index in [1.54, 1.807) is 6.20 Å². The molecule has 0 amide bonds. The number of nitrogens with zero attached hydrogens (tertiary/aromatic N) is 2. The fraction of sp³-hybridized carbons (Fsp3) is 0.333. The molecule has 0 aliphatic carbocycles. The van der Waals surface area contributed by atoms with Crippen LogP contribution in [-0.2, 0) is 6.42 Å². The lowest BCUT2D eigenvalue weighted by atomic mass is 9.80. The van der Waals surface area contributed by atoms with Crippen LogP contribution in [0.15, 0.2) is 30.7 Å². The van der Waals surface area contributed by atoms with Crippen LogP contribution in [0.4, 0.5) is 0 Å². The van der Waals surface area contributed by atoms with Crippen LogP contribution in [0, 0.1) is 17.8 Å². The highest BCUT2D eigenvalue weighted by molar-refractivity contribution is 5.77. The highest BCUT2D eigenvalue weighted by Gasteiger charge is 2.26. The van der Waals surface area contributed by atoms with Crippen molar-refractivity contribution in [2.24, 2.45) is 5.41 Å². The molecule has 0 bridgehead atoms. The normalized spacial score (nSPS) is 13.2. The van der Waals surface area contributed by atoms with Gasteiger partial charge in [-0.05, 0) is 24.1 Å². The first kappa shape index (κ1) is 12.5. The van der Waals surface area contributed by atoms with Gasteiger partial charge in [0.25, 0.3) is 0 Å². The van der Waals surface area contributed by atoms with Crippen LogP contribution in [0.1, 0.15) is 19.4 Å². The van der Waals surface area contributed by atoms with Gasteiger partial charge in [-0.1, -0.05) is 25.8 Å². The van der Waals surface area contributed by atoms with Crippen LogP contribution in [0.2, 0.25) is 0 Å². The summed E-state index contributed by atoms with van der Waals surface area (Å²) in [7, 11) is 0. The van der Waals surface area contributed by atoms with Crippen LogP contribution in [0.3, 0.4) is 0 Å². The molecule has 0 aliphatic heterocycles. The number of hydrogen-bond acceptors (Lipinski definition) is 3. The average Bonchev–Trinajstić information content (AvgIpc) is 2.37. The Labute approximate surface area is 107 Å². The maximum Gasteiger partial charge on any atom is 0.119 e. The molecule has 0 fully saturated rings. The summed E-state index contributed by atoms with van der Waals surface area (Å²) < 4.78 is 0. The van der Waals surface area contributed by atoms with E-state index < -0.39 is 6.10 Å². The van der Waals surface area contributed by atoms with Crippen molar-refractivity contribution in [1.29, 1.82) is 0 Å². The zero-order valence-electron chi connectivity index (χ0n) is 10.6. The third-order valence-electron chi connectivity index (χ3n) is 3.13. The first-order chi connectivity index (χ1) is 8.53. The largest absolute Gasteiger partial charge is 0.380 e. The summed E-state index contributed by atoms with van der Waals surface area (Å²) in [4.78, 5) is 8.19. The summed E-state index contributed by atoms with van der Waals surface area (Å²) in [6, 6.07) is 6.02. The van der Waals surface area contributed by atoms with Gasteiger partial charge >= 0.3 is 0 Å². The minimum atomic E-state index is -0.750. The summed E-state index contributed by atoms with van der Waals surface area (Å²) in [6.45, 7) is 3.92. The van der Waals surface area contributed by atoms with Crippen molar-refractivity contribution in [3.8, 4) is 12.3 Å². The van der Waals surface area contributed by atoms with Crippen molar-refractivity contribution in [1.82, 2.24) is 9.97 Å². The third-order valence-corrected chi connectivity index (χ3v) is 3.13. The lowest BCUT2D eigenvalue weighted by molar-refractivity contribution is 0.0991. The van der Waals surface area contributed by atoms with E-state index in [-0.39, 0.29) is 5.41 Å². The maximum absolute atomic E-state index is 9.80. The summed E-state index contributed by atoms with van der Waals surface area (Å²) in [5.41, 5.74) is 1.69. The molecule has 1 N–H and O–H groups in total. The predicted octanol–water partition coefficient (Wildman–Crippen LogP) is 2.19. The zero-order chi connectivity index (χ0) is 13.2. The molecule has 3 nitrogen and oxygen atoms in total. The number of rotatable bonds is 3. The average molecular weight is 240 g/mol. The molecule has 18 heavy (non-hydrogen) atoms. The first-order valence-electron chi connectivity index (χ1n) is 5.86. The Morgan fingerprint density at radius 1 is 1.44 bits per heavy atom. The Morgan fingerprint density at radius 2 is 2.22 bits per heavy atom. The third kappa shape index (κ3) is 2.49. The predicted molar refractivity (Wildman–Crippen MR) is 71.9 cm³/mol. The lowest BCUT2D eigenvalue weighted by Gasteiger charge is -2.27. The number of benzene rings is 1. The highest BCUT2D eigenvalue weighted by atomic mass is 16.3. The molecule has 3 heteroatoms. The SMILES string of the molecule is C#CC(O)C(C)(C)Cc1ccc2ncncc2c1. The molecule has 1 aromatic carbocycles. The minimum absolute atomic E-state index is 0.349. The molecule has 1 aromatic heterocycles. The number of hydrogen-bond donors (Lipinski definition) is 1. The molecule has 0 aliphatic rings. The van der Waals surface area contributed by atoms with Gasteiger partial charge in [-0.25, -0.2) is 9.97 Å². The molecule has 1 atom stereocenters. The van der Waals surface area contributed by atoms with Crippen LogP contribution in [0.25, 0.3) is 10.9 Å². The Morgan fingerprint density at radius 3 is 2.94 bits per heavy atom. The summed E-state index contributed by atoms with van der Waals surface area (Å²) in [6.07, 6.45) is 8.57. The zero-order valence-corrected chi connectivity index (χ0v) is 10.6. The van der Waals surface area contributed by atoms with Crippen LogP contribution in [0.5, 0.6) is 0 Å². The summed E-state index contributed by atoms with van der Waals surface area (Å²) in [5.74, 6) is 2.39. The molecule has 1 heterocycles. The fourth-order valence-electron chi connectivity index (χ4n) is 1.99. The standard InChI is InChI=1S/C15H16N2O/c1-4-14(18)15(2,3)8-11-5-6-13-12(7-11)9-16-10-17-13/h1,5-7,9-10,14,18H,8H2,2-3H3. The fourth-order valence-corrected chi connectivity index (χ4v) is 1.99. The number of aromatic nitrogens is 2. The van der Waals surface area contributed by atoms with Gasteiger partial charge in [-0.15, -0.1) is 6.42 Å². The van der Waals surface area contributed by atoms with Gasteiger partial charge in [0.2, 0.25) is 0 Å². The molecule has 0 saturated heterocycles. The number of aliphatic hydroxyl groups is 1. The maximum atomic E-state index is 9.80. The van der Waals surface area contributed by atoms with E-state index >= 15 is 0 Å². The van der Waals surface area contributed by atoms with Crippen LogP contribution < -0.4 is 0 Å². The van der Waals surface area contributed by atoms with E-state index in [0.29, 0.717) is 6.42 Å². The molecular formula is C15H16N2O. The monoisotopic (exact) mass is 240 g/mol. The molecule has 1 unspecified atom stereocenters. The van der Waals surface area contributed by atoms with Crippen molar-refractivity contribution in [2.45, 2.75) is 26.4 Å². The summed E-state index contributed by atoms with van der Waals surface area (Å²) >= 11 is 0. The highest BCUT2D eigenvalue weighted by Crippen LogP contribution is 2.27. The van der Waals surface area contributed by atoms with Crippen molar-refractivity contribution < 1.29 is 5.11 Å². The van der Waals surface area contributed by atoms with Gasteiger partial charge < -0.3 is 5.11 Å². The second-order valence-electron chi connectivity index (χ2n) is 5.15. The Hall–Kier alpha value is -1.92. The molecule has 2 rings (SSSR count). The van der Waals surface area contributed by atoms with E-state index in [1.807, 2.05) is 32.0 Å². The van der Waals surface area contributed by atoms with Gasteiger partial charge in [0.15, 0.2) is 0 Å². The van der Waals surface area contributed by atoms with Crippen molar-refractivity contribution in [2.75, 3.05) is 0 Å². The lowest BCUT2D eigenvalue weighted by Crippen LogP contribution is -2.30. The van der Waals surface area contributed by atoms with E-state index in [9.17, 15) is 5.11 Å². The topological polar surface area (TPSA) is 46.0 Å². The number of aliphatic hydroxyl groups excluding tert-OH is 1. The second-order valence-corrected chi connectivity index (χ2v) is 5.15. The van der Waals surface area contributed by atoms with Crippen molar-refractivity contribution >= 4 is 10.9 Å². The Bertz CT molecular complexity index is 599. The van der Waals surface area contributed by atoms with Crippen molar-refractivity contribution in [3.05, 3.63) is 36.3 Å². The van der Waals surface area contributed by atoms with E-state index in [0.717, 1.165) is 16.5 Å². The van der Waals surface area contributed by atoms with Crippen LogP contribution in [-0.4, -0.2) is 21.2 Å². The molecule has 2 aromatic rings. The van der Waals surface area contributed by atoms with E-state index in [1.165, 1.54) is 6.33 Å². The first-order valence-corrected chi connectivity index (χ1v) is 5.86. The number of fused-ring (bicyclic) bond motifs is 1. The van der Waals surface area contributed by atoms with Gasteiger partial charge in [0.05, 0.1) is 5.52 Å². The number of terminal acetylenes is 1. The molecule has 0 spiro atoms. The second kappa shape index (κ2) is 4.75. The van der Waals surface area contributed by atoms with E-state index in [4.69, 9.17) is 6.42 Å². The smallest absolute Gasteiger partial charge is 0.119 e. The van der Waals surface area contributed by atoms with Gasteiger partial charge in [0.1, 0.15) is 12.4 Å². The molecular weight excluding hydrogens is 224 g/mol. The molecule has 92 valence electrons. The van der Waals surface area contributed by atoms with Crippen LogP contribution >= 0.6 is 0 Å². The van der Waals surface area contributed by atoms with Gasteiger partial charge in [-0.3, -0.25) is 0 Å². The van der Waals surface area contributed by atoms with E-state index in [2.05, 4.69) is 15.9 Å². The van der Waals surface area contributed by atoms with Gasteiger partial charge in [0, 0.05) is 17.0 Å². The minimum Gasteiger partial charge on any atom is -0.380 e. The summed E-state index contributed by atoms with van der Waals surface area (Å²) in [5, 5.41) is 10.8. The Balaban J connectivity index is 2.30. The van der Waals surface area contributed by atoms with Gasteiger partial charge in [-0.2, -0.15) is 0 Å². The Kier molecular flexibility index (Phi) is 3.31.